The first-order valence-electron chi connectivity index (χ1n) is 7.56. The second kappa shape index (κ2) is 6.62. The maximum absolute atomic E-state index is 12.7. The lowest BCUT2D eigenvalue weighted by Crippen LogP contribution is -2.40. The summed E-state index contributed by atoms with van der Waals surface area (Å²) < 4.78 is 2.13. The van der Waals surface area contributed by atoms with Crippen LogP contribution in [0.3, 0.4) is 0 Å². The number of nitrogens with one attached hydrogen (secondary N) is 1. The zero-order valence-corrected chi connectivity index (χ0v) is 15.3. The van der Waals surface area contributed by atoms with E-state index in [2.05, 4.69) is 5.32 Å². The van der Waals surface area contributed by atoms with Crippen molar-refractivity contribution in [3.05, 3.63) is 55.1 Å². The molecule has 26 heavy (non-hydrogen) atoms. The molecule has 0 spiro atoms. The largest absolute Gasteiger partial charge is 0.359 e. The number of anilines is 2. The van der Waals surface area contributed by atoms with Crippen molar-refractivity contribution in [3.63, 3.8) is 0 Å². The molecule has 1 aliphatic heterocycles. The zero-order chi connectivity index (χ0) is 19.2. The van der Waals surface area contributed by atoms with Gasteiger partial charge in [0.2, 0.25) is 5.91 Å². The Hall–Kier alpha value is -2.58. The highest BCUT2D eigenvalue weighted by Gasteiger charge is 2.40. The number of hydrogen-bond donors (Lipinski definition) is 1. The van der Waals surface area contributed by atoms with Crippen LogP contribution in [0.1, 0.15) is 6.42 Å². The summed E-state index contributed by atoms with van der Waals surface area (Å²) >= 11 is 11.9. The molecule has 1 saturated heterocycles. The number of carbonyl (C=O) groups is 2. The van der Waals surface area contributed by atoms with Crippen LogP contribution in [0.5, 0.6) is 0 Å². The SMILES string of the molecule is Cn1c(N[C@@H]2CC(=O)N(c3ccc(Cl)cc3Cl)C2=O)cc(=O)n(C)c1=O. The number of aromatic nitrogens is 2. The normalized spacial score (nSPS) is 17.1. The molecule has 0 aliphatic carbocycles. The Kier molecular flexibility index (Phi) is 4.64. The Labute approximate surface area is 157 Å². The van der Waals surface area contributed by atoms with Gasteiger partial charge >= 0.3 is 5.69 Å². The van der Waals surface area contributed by atoms with Gasteiger partial charge in [-0.15, -0.1) is 0 Å². The van der Waals surface area contributed by atoms with Crippen molar-refractivity contribution in [1.29, 1.82) is 0 Å². The lowest BCUT2D eigenvalue weighted by Gasteiger charge is -2.18. The van der Waals surface area contributed by atoms with E-state index in [1.54, 1.807) is 0 Å². The topological polar surface area (TPSA) is 93.4 Å². The third-order valence-corrected chi connectivity index (χ3v) is 4.68. The number of amides is 2. The van der Waals surface area contributed by atoms with Crippen LogP contribution in [0.15, 0.2) is 33.9 Å². The highest BCUT2D eigenvalue weighted by atomic mass is 35.5. The highest BCUT2D eigenvalue weighted by Crippen LogP contribution is 2.32. The zero-order valence-electron chi connectivity index (χ0n) is 13.8. The predicted molar refractivity (Wildman–Crippen MR) is 97.9 cm³/mol. The fraction of sp³-hybridized carbons (Fsp3) is 0.250. The highest BCUT2D eigenvalue weighted by molar-refractivity contribution is 6.38. The van der Waals surface area contributed by atoms with Gasteiger partial charge in [-0.1, -0.05) is 23.2 Å². The van der Waals surface area contributed by atoms with Crippen molar-refractivity contribution in [2.24, 2.45) is 14.1 Å². The molecule has 0 radical (unpaired) electrons. The molecule has 2 heterocycles. The van der Waals surface area contributed by atoms with E-state index >= 15 is 0 Å². The van der Waals surface area contributed by atoms with Gasteiger partial charge < -0.3 is 5.32 Å². The van der Waals surface area contributed by atoms with Crippen LogP contribution in [0.2, 0.25) is 10.0 Å². The monoisotopic (exact) mass is 396 g/mol. The Morgan fingerprint density at radius 2 is 1.73 bits per heavy atom. The number of halogens is 2. The molecule has 2 aromatic rings. The van der Waals surface area contributed by atoms with Crippen molar-refractivity contribution in [3.8, 4) is 0 Å². The van der Waals surface area contributed by atoms with Gasteiger partial charge in [-0.05, 0) is 18.2 Å². The Morgan fingerprint density at radius 1 is 1.04 bits per heavy atom. The molecule has 1 fully saturated rings. The summed E-state index contributed by atoms with van der Waals surface area (Å²) in [7, 11) is 2.81. The number of hydrogen-bond acceptors (Lipinski definition) is 5. The van der Waals surface area contributed by atoms with E-state index in [9.17, 15) is 19.2 Å². The Balaban J connectivity index is 1.93. The van der Waals surface area contributed by atoms with Crippen LogP contribution in [0, 0.1) is 0 Å². The van der Waals surface area contributed by atoms with Crippen molar-refractivity contribution < 1.29 is 9.59 Å². The second-order valence-electron chi connectivity index (χ2n) is 5.83. The molecule has 3 rings (SSSR count). The average molecular weight is 397 g/mol. The second-order valence-corrected chi connectivity index (χ2v) is 6.68. The third-order valence-electron chi connectivity index (χ3n) is 4.15. The van der Waals surface area contributed by atoms with E-state index in [-0.39, 0.29) is 22.9 Å². The van der Waals surface area contributed by atoms with Gasteiger partial charge in [-0.3, -0.25) is 23.5 Å². The third kappa shape index (κ3) is 3.02. The fourth-order valence-corrected chi connectivity index (χ4v) is 3.20. The minimum absolute atomic E-state index is 0.138. The van der Waals surface area contributed by atoms with E-state index < -0.39 is 29.1 Å². The van der Waals surface area contributed by atoms with Crippen LogP contribution in [0.4, 0.5) is 11.5 Å². The van der Waals surface area contributed by atoms with Crippen LogP contribution in [0.25, 0.3) is 0 Å². The quantitative estimate of drug-likeness (QED) is 0.784. The molecular formula is C16H14Cl2N4O4. The lowest BCUT2D eigenvalue weighted by atomic mass is 10.2. The van der Waals surface area contributed by atoms with Crippen LogP contribution >= 0.6 is 23.2 Å². The summed E-state index contributed by atoms with van der Waals surface area (Å²) in [6, 6.07) is 4.71. The number of benzene rings is 1. The molecule has 1 N–H and O–H groups in total. The minimum atomic E-state index is -0.924. The van der Waals surface area contributed by atoms with Crippen molar-refractivity contribution in [1.82, 2.24) is 9.13 Å². The molecule has 0 unspecified atom stereocenters. The van der Waals surface area contributed by atoms with Crippen molar-refractivity contribution in [2.45, 2.75) is 12.5 Å². The first kappa shape index (κ1) is 18.2. The summed E-state index contributed by atoms with van der Waals surface area (Å²) in [5.74, 6) is -0.841. The lowest BCUT2D eigenvalue weighted by molar-refractivity contribution is -0.121. The standard InChI is InChI=1S/C16H14Cl2N4O4/c1-20-12(7-13(23)21(2)16(20)26)19-10-6-14(24)22(15(10)25)11-4-3-8(17)5-9(11)18/h3-5,7,10,19H,6H2,1-2H3/t10-/m1/s1. The average Bonchev–Trinajstić information content (AvgIpc) is 2.85. The van der Waals surface area contributed by atoms with E-state index in [1.807, 2.05) is 0 Å². The van der Waals surface area contributed by atoms with Crippen LogP contribution < -0.4 is 21.5 Å². The van der Waals surface area contributed by atoms with E-state index in [0.717, 1.165) is 9.47 Å². The van der Waals surface area contributed by atoms with E-state index in [0.29, 0.717) is 5.02 Å². The van der Waals surface area contributed by atoms with Gasteiger partial charge in [-0.2, -0.15) is 0 Å². The molecule has 1 atom stereocenters. The Bertz CT molecular complexity index is 1040. The molecule has 1 aliphatic rings. The number of nitrogens with zero attached hydrogens (tertiary/aromatic N) is 3. The van der Waals surface area contributed by atoms with Crippen molar-refractivity contribution in [2.75, 3.05) is 10.2 Å². The molecule has 136 valence electrons. The van der Waals surface area contributed by atoms with Crippen molar-refractivity contribution >= 4 is 46.5 Å². The molecule has 1 aromatic heterocycles. The van der Waals surface area contributed by atoms with E-state index in [4.69, 9.17) is 23.2 Å². The van der Waals surface area contributed by atoms with Gasteiger partial charge in [-0.25, -0.2) is 9.69 Å². The summed E-state index contributed by atoms with van der Waals surface area (Å²) in [4.78, 5) is 49.8. The van der Waals surface area contributed by atoms with Gasteiger partial charge in [0.1, 0.15) is 11.9 Å². The Morgan fingerprint density at radius 3 is 2.38 bits per heavy atom. The first-order chi connectivity index (χ1) is 12.2. The smallest absolute Gasteiger partial charge is 0.332 e. The molecule has 0 saturated carbocycles. The summed E-state index contributed by atoms with van der Waals surface area (Å²) in [6.45, 7) is 0. The molecule has 8 nitrogen and oxygen atoms in total. The number of imide groups is 1. The molecule has 2 amide bonds. The molecule has 10 heteroatoms. The minimum Gasteiger partial charge on any atom is -0.359 e. The summed E-state index contributed by atoms with van der Waals surface area (Å²) in [5, 5.41) is 3.34. The molecular weight excluding hydrogens is 383 g/mol. The maximum Gasteiger partial charge on any atom is 0.332 e. The number of rotatable bonds is 3. The fourth-order valence-electron chi connectivity index (χ4n) is 2.71. The van der Waals surface area contributed by atoms with E-state index in [1.165, 1.54) is 42.9 Å². The van der Waals surface area contributed by atoms with Gasteiger partial charge in [0.15, 0.2) is 0 Å². The summed E-state index contributed by atoms with van der Waals surface area (Å²) in [5.41, 5.74) is -0.840. The van der Waals surface area contributed by atoms with Gasteiger partial charge in [0, 0.05) is 25.2 Å². The van der Waals surface area contributed by atoms with Crippen LogP contribution in [-0.2, 0) is 23.7 Å². The van der Waals surface area contributed by atoms with Crippen LogP contribution in [-0.4, -0.2) is 27.0 Å². The maximum atomic E-state index is 12.7. The number of carbonyl (C=O) groups excluding carboxylic acids is 2. The molecule has 0 bridgehead atoms. The first-order valence-corrected chi connectivity index (χ1v) is 8.31. The van der Waals surface area contributed by atoms with Gasteiger partial charge in [0.25, 0.3) is 11.5 Å². The van der Waals surface area contributed by atoms with Gasteiger partial charge in [0.05, 0.1) is 17.1 Å². The molecule has 1 aromatic carbocycles. The summed E-state index contributed by atoms with van der Waals surface area (Å²) in [6.07, 6.45) is -0.138. The predicted octanol–water partition coefficient (Wildman–Crippen LogP) is 1.13.